The second-order valence-corrected chi connectivity index (χ2v) is 10.7. The number of thiophene rings is 1. The highest BCUT2D eigenvalue weighted by Crippen LogP contribution is 2.39. The number of aryl methyl sites for hydroxylation is 1. The Hall–Kier alpha value is -2.30. The summed E-state index contributed by atoms with van der Waals surface area (Å²) in [5.41, 5.74) is 2.03. The second kappa shape index (κ2) is 8.44. The van der Waals surface area contributed by atoms with Gasteiger partial charge in [0.25, 0.3) is 11.8 Å². The molecule has 8 nitrogen and oxygen atoms in total. The zero-order valence-electron chi connectivity index (χ0n) is 16.8. The van der Waals surface area contributed by atoms with Gasteiger partial charge in [0.05, 0.1) is 17.4 Å². The van der Waals surface area contributed by atoms with Crippen LogP contribution >= 0.6 is 11.3 Å². The van der Waals surface area contributed by atoms with Crippen LogP contribution in [0.1, 0.15) is 44.0 Å². The topological polar surface area (TPSA) is 99.7 Å². The van der Waals surface area contributed by atoms with E-state index in [1.807, 2.05) is 0 Å². The molecule has 2 aromatic rings. The molecule has 0 unspecified atom stereocenters. The van der Waals surface area contributed by atoms with Gasteiger partial charge in [-0.1, -0.05) is 0 Å². The van der Waals surface area contributed by atoms with E-state index in [0.29, 0.717) is 29.2 Å². The van der Waals surface area contributed by atoms with E-state index in [9.17, 15) is 18.0 Å². The molecule has 0 radical (unpaired) electrons. The van der Waals surface area contributed by atoms with Crippen molar-refractivity contribution in [2.24, 2.45) is 0 Å². The summed E-state index contributed by atoms with van der Waals surface area (Å²) in [5, 5.41) is 3.50. The van der Waals surface area contributed by atoms with E-state index in [1.165, 1.54) is 28.1 Å². The van der Waals surface area contributed by atoms with Crippen LogP contribution in [0.25, 0.3) is 0 Å². The molecule has 4 rings (SSSR count). The smallest absolute Gasteiger partial charge is 0.257 e. The van der Waals surface area contributed by atoms with Gasteiger partial charge >= 0.3 is 0 Å². The van der Waals surface area contributed by atoms with Crippen LogP contribution in [0, 0.1) is 0 Å². The van der Waals surface area contributed by atoms with Gasteiger partial charge in [-0.3, -0.25) is 14.6 Å². The fraction of sp³-hybridized carbons (Fsp3) is 0.450. The summed E-state index contributed by atoms with van der Waals surface area (Å²) < 4.78 is 24.9. The lowest BCUT2D eigenvalue weighted by Crippen LogP contribution is -2.50. The van der Waals surface area contributed by atoms with Crippen molar-refractivity contribution in [3.8, 4) is 0 Å². The predicted molar refractivity (Wildman–Crippen MR) is 115 cm³/mol. The number of hydrogen-bond acceptors (Lipinski definition) is 6. The Kier molecular flexibility index (Phi) is 5.90. The van der Waals surface area contributed by atoms with Crippen molar-refractivity contribution in [3.63, 3.8) is 0 Å². The van der Waals surface area contributed by atoms with Crippen LogP contribution in [0.3, 0.4) is 0 Å². The van der Waals surface area contributed by atoms with Crippen LogP contribution in [0.4, 0.5) is 5.00 Å². The molecule has 1 saturated heterocycles. The molecule has 0 spiro atoms. The summed E-state index contributed by atoms with van der Waals surface area (Å²) in [7, 11) is -3.26. The summed E-state index contributed by atoms with van der Waals surface area (Å²) in [5.74, 6) is -0.429. The standard InChI is InChI=1S/C20H24N4O4S2/c1-30(27,28)24-11-9-23(10-12-24)20(26)17-15-6-2-3-7-16(15)29-19(17)22-18(25)14-5-4-8-21-13-14/h4-5,8,13H,2-3,6-7,9-12H2,1H3,(H,22,25). The number of rotatable bonds is 4. The van der Waals surface area contributed by atoms with Crippen LogP contribution < -0.4 is 5.32 Å². The van der Waals surface area contributed by atoms with Gasteiger partial charge in [0.1, 0.15) is 5.00 Å². The molecule has 2 aromatic heterocycles. The summed E-state index contributed by atoms with van der Waals surface area (Å²) in [6, 6.07) is 3.38. The maximum absolute atomic E-state index is 13.4. The molecule has 10 heteroatoms. The maximum atomic E-state index is 13.4. The van der Waals surface area contributed by atoms with Gasteiger partial charge in [0.2, 0.25) is 10.0 Å². The number of carbonyl (C=O) groups excluding carboxylic acids is 2. The number of anilines is 1. The first-order valence-electron chi connectivity index (χ1n) is 9.95. The van der Waals surface area contributed by atoms with Crippen LogP contribution in [0.5, 0.6) is 0 Å². The molecule has 30 heavy (non-hydrogen) atoms. The molecule has 0 saturated carbocycles. The van der Waals surface area contributed by atoms with Gasteiger partial charge in [-0.2, -0.15) is 4.31 Å². The van der Waals surface area contributed by atoms with Gasteiger partial charge in [-0.15, -0.1) is 11.3 Å². The van der Waals surface area contributed by atoms with E-state index < -0.39 is 10.0 Å². The Labute approximate surface area is 180 Å². The first kappa shape index (κ1) is 21.0. The number of amides is 2. The molecule has 1 aliphatic carbocycles. The average Bonchev–Trinajstić information content (AvgIpc) is 3.11. The van der Waals surface area contributed by atoms with E-state index in [1.54, 1.807) is 23.2 Å². The Morgan fingerprint density at radius 2 is 1.87 bits per heavy atom. The van der Waals surface area contributed by atoms with Crippen molar-refractivity contribution < 1.29 is 18.0 Å². The van der Waals surface area contributed by atoms with E-state index in [-0.39, 0.29) is 24.9 Å². The third-order valence-electron chi connectivity index (χ3n) is 5.53. The Bertz CT molecular complexity index is 1060. The summed E-state index contributed by atoms with van der Waals surface area (Å²) in [4.78, 5) is 32.9. The minimum Gasteiger partial charge on any atom is -0.336 e. The zero-order chi connectivity index (χ0) is 21.3. The molecule has 0 bridgehead atoms. The molecule has 0 atom stereocenters. The number of carbonyl (C=O) groups is 2. The molecule has 3 heterocycles. The van der Waals surface area contributed by atoms with E-state index in [4.69, 9.17) is 0 Å². The molecule has 1 aliphatic heterocycles. The van der Waals surface area contributed by atoms with Crippen LogP contribution in [-0.4, -0.2) is 66.9 Å². The van der Waals surface area contributed by atoms with E-state index in [0.717, 1.165) is 36.1 Å². The highest BCUT2D eigenvalue weighted by molar-refractivity contribution is 7.88. The number of aromatic nitrogens is 1. The molecule has 2 aliphatic rings. The Morgan fingerprint density at radius 3 is 2.53 bits per heavy atom. The predicted octanol–water partition coefficient (Wildman–Crippen LogP) is 1.99. The summed E-state index contributed by atoms with van der Waals surface area (Å²) in [6.07, 6.45) is 8.10. The Balaban J connectivity index is 1.60. The number of nitrogens with one attached hydrogen (secondary N) is 1. The lowest BCUT2D eigenvalue weighted by molar-refractivity contribution is 0.0698. The van der Waals surface area contributed by atoms with Gasteiger partial charge in [0, 0.05) is 43.4 Å². The Morgan fingerprint density at radius 1 is 1.13 bits per heavy atom. The summed E-state index contributed by atoms with van der Waals surface area (Å²) in [6.45, 7) is 1.25. The average molecular weight is 449 g/mol. The van der Waals surface area contributed by atoms with Crippen molar-refractivity contribution in [3.05, 3.63) is 46.1 Å². The van der Waals surface area contributed by atoms with Crippen LogP contribution in [0.15, 0.2) is 24.5 Å². The first-order chi connectivity index (χ1) is 14.3. The quantitative estimate of drug-likeness (QED) is 0.771. The molecule has 0 aromatic carbocycles. The normalized spacial score (nSPS) is 17.4. The van der Waals surface area contributed by atoms with Gasteiger partial charge in [-0.25, -0.2) is 8.42 Å². The zero-order valence-corrected chi connectivity index (χ0v) is 18.4. The van der Waals surface area contributed by atoms with E-state index >= 15 is 0 Å². The van der Waals surface area contributed by atoms with Crippen LogP contribution in [0.2, 0.25) is 0 Å². The van der Waals surface area contributed by atoms with Gasteiger partial charge in [-0.05, 0) is 43.4 Å². The number of sulfonamides is 1. The molecule has 1 N–H and O–H groups in total. The summed E-state index contributed by atoms with van der Waals surface area (Å²) >= 11 is 1.48. The molecule has 1 fully saturated rings. The van der Waals surface area contributed by atoms with Crippen molar-refractivity contribution in [1.82, 2.24) is 14.2 Å². The fourth-order valence-electron chi connectivity index (χ4n) is 3.93. The molecular weight excluding hydrogens is 424 g/mol. The lowest BCUT2D eigenvalue weighted by atomic mass is 9.95. The highest BCUT2D eigenvalue weighted by Gasteiger charge is 2.32. The largest absolute Gasteiger partial charge is 0.336 e. The maximum Gasteiger partial charge on any atom is 0.257 e. The number of nitrogens with zero attached hydrogens (tertiary/aromatic N) is 3. The van der Waals surface area contributed by atoms with Crippen molar-refractivity contribution in [1.29, 1.82) is 0 Å². The monoisotopic (exact) mass is 448 g/mol. The van der Waals surface area contributed by atoms with Crippen molar-refractivity contribution in [2.75, 3.05) is 37.8 Å². The third-order valence-corrected chi connectivity index (χ3v) is 8.04. The number of pyridine rings is 1. The lowest BCUT2D eigenvalue weighted by Gasteiger charge is -2.33. The minimum atomic E-state index is -3.26. The second-order valence-electron chi connectivity index (χ2n) is 7.57. The SMILES string of the molecule is CS(=O)(=O)N1CCN(C(=O)c2c(NC(=O)c3cccnc3)sc3c2CCCC3)CC1. The molecule has 160 valence electrons. The highest BCUT2D eigenvalue weighted by atomic mass is 32.2. The van der Waals surface area contributed by atoms with Crippen molar-refractivity contribution in [2.45, 2.75) is 25.7 Å². The fourth-order valence-corrected chi connectivity index (χ4v) is 6.04. The number of piperazine rings is 1. The van der Waals surface area contributed by atoms with Gasteiger partial charge in [0.15, 0.2) is 0 Å². The third kappa shape index (κ3) is 4.26. The van der Waals surface area contributed by atoms with Crippen molar-refractivity contribution >= 4 is 38.2 Å². The number of hydrogen-bond donors (Lipinski definition) is 1. The molecular formula is C20H24N4O4S2. The van der Waals surface area contributed by atoms with Crippen LogP contribution in [-0.2, 0) is 22.9 Å². The molecule has 2 amide bonds. The first-order valence-corrected chi connectivity index (χ1v) is 12.6. The van der Waals surface area contributed by atoms with Gasteiger partial charge < -0.3 is 10.2 Å². The minimum absolute atomic E-state index is 0.135. The number of fused-ring (bicyclic) bond motifs is 1. The van der Waals surface area contributed by atoms with E-state index in [2.05, 4.69) is 10.3 Å².